The number of nitrogens with zero attached hydrogens (tertiary/aromatic N) is 1. The molecule has 2 N–H and O–H groups in total. The molecule has 172 valence electrons. The fourth-order valence-electron chi connectivity index (χ4n) is 3.77. The number of rotatable bonds is 5. The third-order valence-corrected chi connectivity index (χ3v) is 8.38. The molecule has 1 aliphatic rings. The monoisotopic (exact) mass is 492 g/mol. The Bertz CT molecular complexity index is 1430. The van der Waals surface area contributed by atoms with Crippen molar-refractivity contribution >= 4 is 49.8 Å². The van der Waals surface area contributed by atoms with Crippen molar-refractivity contribution < 1.29 is 24.0 Å². The molecule has 1 aliphatic carbocycles. The van der Waals surface area contributed by atoms with Crippen molar-refractivity contribution in [2.24, 2.45) is 0 Å². The van der Waals surface area contributed by atoms with Crippen molar-refractivity contribution in [2.75, 3.05) is 5.32 Å². The molecule has 7 nitrogen and oxygen atoms in total. The second-order valence-electron chi connectivity index (χ2n) is 8.21. The van der Waals surface area contributed by atoms with Crippen molar-refractivity contribution in [2.45, 2.75) is 38.2 Å². The van der Waals surface area contributed by atoms with E-state index in [-0.39, 0.29) is 0 Å². The van der Waals surface area contributed by atoms with E-state index in [4.69, 9.17) is 9.26 Å². The lowest BCUT2D eigenvalue weighted by Gasteiger charge is -2.15. The highest BCUT2D eigenvalue weighted by atomic mass is 32.2. The molecule has 0 radical (unpaired) electrons. The Morgan fingerprint density at radius 3 is 2.74 bits per heavy atom. The molecule has 34 heavy (non-hydrogen) atoms. The van der Waals surface area contributed by atoms with Gasteiger partial charge in [0.2, 0.25) is 0 Å². The lowest BCUT2D eigenvalue weighted by atomic mass is 10.1. The quantitative estimate of drug-likeness (QED) is 0.327. The summed E-state index contributed by atoms with van der Waals surface area (Å²) < 4.78 is 11.5. The van der Waals surface area contributed by atoms with E-state index in [2.05, 4.69) is 22.3 Å². The molecule has 0 aliphatic heterocycles. The number of carboxylic acids is 1. The Balaban J connectivity index is 1.27. The number of aryl methyl sites for hydroxylation is 1. The van der Waals surface area contributed by atoms with Crippen LogP contribution in [0.25, 0.3) is 9.40 Å². The summed E-state index contributed by atoms with van der Waals surface area (Å²) in [5.41, 5.74) is 1.90. The normalized spacial score (nSPS) is 14.8. The maximum atomic E-state index is 12.4. The molecule has 4 aromatic rings. The molecule has 1 fully saturated rings. The number of carbonyl (C=O) groups excluding carboxylic acids is 1. The van der Waals surface area contributed by atoms with Crippen LogP contribution in [-0.4, -0.2) is 22.3 Å². The Labute approximate surface area is 203 Å². The molecule has 1 saturated carbocycles. The van der Waals surface area contributed by atoms with Gasteiger partial charge in [-0.2, -0.15) is 0 Å². The average molecular weight is 493 g/mol. The van der Waals surface area contributed by atoms with Crippen LogP contribution in [0.2, 0.25) is 0 Å². The van der Waals surface area contributed by atoms with Crippen molar-refractivity contribution in [3.63, 3.8) is 0 Å². The number of amides is 1. The van der Waals surface area contributed by atoms with Crippen LogP contribution in [0.4, 0.5) is 10.5 Å². The SMILES string of the molecule is Cc1ccccc1C(C)OC(=O)Nc1conc1C#Cc1cc2cc(C3(C(=O)O)CC3)sc2s1. The standard InChI is InChI=1S/C25H20N2O5S2/c1-14-5-3-4-6-18(14)15(2)32-24(30)26-20-13-31-27-19(20)8-7-17-11-16-12-21(34-22(16)33-17)25(9-10-25)23(28)29/h3-6,11-13,15H,9-10H2,1-2H3,(H,26,30)(H,28,29). The number of ether oxygens (including phenoxy) is 1. The summed E-state index contributed by atoms with van der Waals surface area (Å²) in [5.74, 6) is 5.23. The molecule has 5 rings (SSSR count). The number of hydrogen-bond donors (Lipinski definition) is 2. The van der Waals surface area contributed by atoms with Crippen LogP contribution >= 0.6 is 22.7 Å². The van der Waals surface area contributed by atoms with Crippen LogP contribution in [-0.2, 0) is 14.9 Å². The lowest BCUT2D eigenvalue weighted by molar-refractivity contribution is -0.139. The third-order valence-electron chi connectivity index (χ3n) is 5.87. The molecule has 0 spiro atoms. The van der Waals surface area contributed by atoms with Crippen LogP contribution < -0.4 is 5.32 Å². The van der Waals surface area contributed by atoms with Crippen molar-refractivity contribution in [3.8, 4) is 11.8 Å². The van der Waals surface area contributed by atoms with E-state index < -0.39 is 23.6 Å². The second-order valence-corrected chi connectivity index (χ2v) is 10.6. The van der Waals surface area contributed by atoms with Gasteiger partial charge in [0.15, 0.2) is 5.69 Å². The van der Waals surface area contributed by atoms with E-state index in [1.54, 1.807) is 0 Å². The predicted molar refractivity (Wildman–Crippen MR) is 130 cm³/mol. The number of carbonyl (C=O) groups is 2. The second kappa shape index (κ2) is 8.63. The Hall–Kier alpha value is -3.61. The highest BCUT2D eigenvalue weighted by Gasteiger charge is 2.53. The van der Waals surface area contributed by atoms with E-state index in [0.29, 0.717) is 24.2 Å². The highest BCUT2D eigenvalue weighted by molar-refractivity contribution is 7.38. The van der Waals surface area contributed by atoms with Gasteiger partial charge in [0.25, 0.3) is 0 Å². The van der Waals surface area contributed by atoms with Crippen molar-refractivity contribution in [1.82, 2.24) is 5.16 Å². The summed E-state index contributed by atoms with van der Waals surface area (Å²) in [7, 11) is 0. The van der Waals surface area contributed by atoms with Gasteiger partial charge in [0.05, 0.1) is 8.89 Å². The largest absolute Gasteiger partial charge is 0.481 e. The molecule has 9 heteroatoms. The number of aliphatic carboxylic acids is 1. The smallest absolute Gasteiger partial charge is 0.412 e. The summed E-state index contributed by atoms with van der Waals surface area (Å²) >= 11 is 3.02. The summed E-state index contributed by atoms with van der Waals surface area (Å²) in [4.78, 5) is 25.7. The lowest BCUT2D eigenvalue weighted by Crippen LogP contribution is -2.17. The van der Waals surface area contributed by atoms with Crippen molar-refractivity contribution in [3.05, 3.63) is 69.2 Å². The van der Waals surface area contributed by atoms with E-state index in [1.807, 2.05) is 50.2 Å². The number of aromatic nitrogens is 1. The van der Waals surface area contributed by atoms with Crippen molar-refractivity contribution in [1.29, 1.82) is 0 Å². The number of thiophene rings is 2. The molecule has 0 saturated heterocycles. The van der Waals surface area contributed by atoms with Gasteiger partial charge in [0.1, 0.15) is 23.5 Å². The van der Waals surface area contributed by atoms with Gasteiger partial charge < -0.3 is 14.4 Å². The Morgan fingerprint density at radius 2 is 2.03 bits per heavy atom. The van der Waals surface area contributed by atoms with Crippen LogP contribution in [0.3, 0.4) is 0 Å². The number of nitrogens with one attached hydrogen (secondary N) is 1. The summed E-state index contributed by atoms with van der Waals surface area (Å²) in [5, 5.41) is 17.0. The van der Waals surface area contributed by atoms with Gasteiger partial charge in [-0.15, -0.1) is 22.7 Å². The van der Waals surface area contributed by atoms with Crippen LogP contribution in [0.1, 0.15) is 52.4 Å². The van der Waals surface area contributed by atoms with E-state index in [9.17, 15) is 14.7 Å². The van der Waals surface area contributed by atoms with Gasteiger partial charge >= 0.3 is 12.1 Å². The molecule has 0 bridgehead atoms. The number of benzene rings is 1. The predicted octanol–water partition coefficient (Wildman–Crippen LogP) is 6.08. The minimum Gasteiger partial charge on any atom is -0.481 e. The van der Waals surface area contributed by atoms with Gasteiger partial charge in [-0.25, -0.2) is 4.79 Å². The number of anilines is 1. The zero-order valence-corrected chi connectivity index (χ0v) is 20.0. The number of hydrogen-bond acceptors (Lipinski definition) is 7. The fraction of sp³-hybridized carbons (Fsp3) is 0.240. The minimum absolute atomic E-state index is 0.292. The van der Waals surface area contributed by atoms with Gasteiger partial charge in [-0.3, -0.25) is 10.1 Å². The third kappa shape index (κ3) is 4.18. The zero-order valence-electron chi connectivity index (χ0n) is 18.4. The molecular formula is C25H20N2O5S2. The van der Waals surface area contributed by atoms with E-state index in [0.717, 1.165) is 30.3 Å². The zero-order chi connectivity index (χ0) is 23.9. The number of fused-ring (bicyclic) bond motifs is 1. The van der Waals surface area contributed by atoms with Crippen LogP contribution in [0.15, 0.2) is 47.2 Å². The van der Waals surface area contributed by atoms with Gasteiger partial charge in [-0.05, 0) is 61.8 Å². The van der Waals surface area contributed by atoms with Gasteiger partial charge in [0, 0.05) is 10.3 Å². The summed E-state index contributed by atoms with van der Waals surface area (Å²) in [6.45, 7) is 3.78. The average Bonchev–Trinajstić information content (AvgIpc) is 3.12. The Kier molecular flexibility index (Phi) is 5.63. The molecule has 3 heterocycles. The topological polar surface area (TPSA) is 102 Å². The molecule has 1 aromatic carbocycles. The molecular weight excluding hydrogens is 472 g/mol. The molecule has 3 aromatic heterocycles. The maximum absolute atomic E-state index is 12.4. The minimum atomic E-state index is -0.751. The van der Waals surface area contributed by atoms with Gasteiger partial charge in [-0.1, -0.05) is 29.4 Å². The van der Waals surface area contributed by atoms with Crippen LogP contribution in [0, 0.1) is 18.8 Å². The first-order valence-corrected chi connectivity index (χ1v) is 12.3. The molecule has 1 unspecified atom stereocenters. The fourth-order valence-corrected chi connectivity index (χ4v) is 6.31. The number of carboxylic acid groups (broad SMARTS) is 1. The van der Waals surface area contributed by atoms with E-state index >= 15 is 0 Å². The highest BCUT2D eigenvalue weighted by Crippen LogP contribution is 2.52. The summed E-state index contributed by atoms with van der Waals surface area (Å²) in [6.07, 6.45) is 1.65. The van der Waals surface area contributed by atoms with Crippen LogP contribution in [0.5, 0.6) is 0 Å². The maximum Gasteiger partial charge on any atom is 0.412 e. The first-order chi connectivity index (χ1) is 16.4. The first kappa shape index (κ1) is 22.2. The molecule has 1 amide bonds. The first-order valence-electron chi connectivity index (χ1n) is 10.6. The molecule has 1 atom stereocenters. The summed E-state index contributed by atoms with van der Waals surface area (Å²) in [6, 6.07) is 11.6. The Morgan fingerprint density at radius 1 is 1.24 bits per heavy atom. The van der Waals surface area contributed by atoms with E-state index in [1.165, 1.54) is 28.9 Å².